The van der Waals surface area contributed by atoms with E-state index in [1.54, 1.807) is 29.2 Å². The fourth-order valence-corrected chi connectivity index (χ4v) is 1.79. The maximum atomic E-state index is 13.7. The molecule has 1 atom stereocenters. The normalized spacial score (nSPS) is 12.7. The van der Waals surface area contributed by atoms with Crippen LogP contribution in [0.1, 0.15) is 38.5 Å². The van der Waals surface area contributed by atoms with E-state index in [9.17, 15) is 9.50 Å². The predicted molar refractivity (Wildman–Crippen MR) is 69.7 cm³/mol. The summed E-state index contributed by atoms with van der Waals surface area (Å²) in [4.78, 5) is 0. The second kappa shape index (κ2) is 5.40. The van der Waals surface area contributed by atoms with Crippen LogP contribution in [0.3, 0.4) is 0 Å². The highest BCUT2D eigenvalue weighted by molar-refractivity contribution is 5.39. The molecule has 2 aromatic rings. The van der Waals surface area contributed by atoms with Crippen LogP contribution in [0.2, 0.25) is 0 Å². The van der Waals surface area contributed by atoms with E-state index in [0.717, 1.165) is 0 Å². The van der Waals surface area contributed by atoms with Gasteiger partial charge in [-0.1, -0.05) is 6.07 Å². The van der Waals surface area contributed by atoms with Crippen LogP contribution in [-0.4, -0.2) is 14.9 Å². The van der Waals surface area contributed by atoms with Gasteiger partial charge in [0.1, 0.15) is 11.6 Å². The molecule has 0 spiro atoms. The average Bonchev–Trinajstić information content (AvgIpc) is 2.77. The first-order chi connectivity index (χ1) is 8.99. The monoisotopic (exact) mass is 264 g/mol. The van der Waals surface area contributed by atoms with Crippen LogP contribution >= 0.6 is 0 Å². The molecular weight excluding hydrogens is 247 g/mol. The predicted octanol–water partition coefficient (Wildman–Crippen LogP) is 3.45. The number of ether oxygens (including phenoxy) is 1. The first-order valence-corrected chi connectivity index (χ1v) is 6.17. The van der Waals surface area contributed by atoms with E-state index in [4.69, 9.17) is 4.74 Å². The molecular formula is C14H17FN2O2. The number of aliphatic hydroxyl groups excluding tert-OH is 1. The molecule has 0 saturated heterocycles. The fraction of sp³-hybridized carbons (Fsp3) is 0.357. The van der Waals surface area contributed by atoms with Crippen LogP contribution in [0.25, 0.3) is 0 Å². The molecule has 0 aliphatic heterocycles. The summed E-state index contributed by atoms with van der Waals surface area (Å²) in [6, 6.07) is 4.69. The minimum absolute atomic E-state index is 0.153. The van der Waals surface area contributed by atoms with Gasteiger partial charge in [0.25, 0.3) is 0 Å². The third-order valence-corrected chi connectivity index (χ3v) is 2.77. The van der Waals surface area contributed by atoms with Crippen molar-refractivity contribution in [3.05, 3.63) is 42.0 Å². The van der Waals surface area contributed by atoms with Crippen LogP contribution in [0, 0.1) is 5.82 Å². The van der Waals surface area contributed by atoms with Gasteiger partial charge in [-0.2, -0.15) is 5.10 Å². The van der Waals surface area contributed by atoms with E-state index in [0.29, 0.717) is 11.5 Å². The minimum Gasteiger partial charge on any atom is -0.454 e. The zero-order valence-electron chi connectivity index (χ0n) is 11.2. The van der Waals surface area contributed by atoms with E-state index in [1.165, 1.54) is 13.0 Å². The molecule has 1 aromatic carbocycles. The number of nitrogens with zero attached hydrogens (tertiary/aromatic N) is 2. The number of aromatic nitrogens is 2. The van der Waals surface area contributed by atoms with Crippen molar-refractivity contribution >= 4 is 0 Å². The van der Waals surface area contributed by atoms with Crippen molar-refractivity contribution in [1.29, 1.82) is 0 Å². The van der Waals surface area contributed by atoms with Gasteiger partial charge in [0.15, 0.2) is 5.75 Å². The zero-order valence-corrected chi connectivity index (χ0v) is 11.2. The van der Waals surface area contributed by atoms with Crippen molar-refractivity contribution in [3.8, 4) is 11.5 Å². The Labute approximate surface area is 111 Å². The highest BCUT2D eigenvalue weighted by Crippen LogP contribution is 2.31. The molecule has 2 rings (SSSR count). The van der Waals surface area contributed by atoms with Gasteiger partial charge < -0.3 is 9.84 Å². The van der Waals surface area contributed by atoms with Crippen molar-refractivity contribution in [3.63, 3.8) is 0 Å². The molecule has 1 unspecified atom stereocenters. The Kier molecular flexibility index (Phi) is 3.85. The lowest BCUT2D eigenvalue weighted by Gasteiger charge is -2.12. The summed E-state index contributed by atoms with van der Waals surface area (Å²) in [5.74, 6) is 0.336. The quantitative estimate of drug-likeness (QED) is 0.920. The maximum Gasteiger partial charge on any atom is 0.165 e. The van der Waals surface area contributed by atoms with Crippen molar-refractivity contribution in [2.75, 3.05) is 0 Å². The average molecular weight is 264 g/mol. The van der Waals surface area contributed by atoms with E-state index in [2.05, 4.69) is 5.10 Å². The first kappa shape index (κ1) is 13.5. The van der Waals surface area contributed by atoms with Gasteiger partial charge in [0.2, 0.25) is 0 Å². The molecule has 0 fully saturated rings. The van der Waals surface area contributed by atoms with E-state index in [-0.39, 0.29) is 11.6 Å². The molecule has 1 heterocycles. The third-order valence-electron chi connectivity index (χ3n) is 2.77. The molecule has 1 aromatic heterocycles. The summed E-state index contributed by atoms with van der Waals surface area (Å²) in [5, 5.41) is 13.8. The van der Waals surface area contributed by atoms with Gasteiger partial charge in [0, 0.05) is 6.04 Å². The lowest BCUT2D eigenvalue weighted by atomic mass is 10.1. The molecule has 19 heavy (non-hydrogen) atoms. The van der Waals surface area contributed by atoms with Gasteiger partial charge in [0.05, 0.1) is 24.1 Å². The fourth-order valence-electron chi connectivity index (χ4n) is 1.79. The van der Waals surface area contributed by atoms with Gasteiger partial charge in [-0.15, -0.1) is 0 Å². The lowest BCUT2D eigenvalue weighted by Crippen LogP contribution is -2.00. The Hall–Kier alpha value is -1.88. The Balaban J connectivity index is 2.30. The van der Waals surface area contributed by atoms with Crippen molar-refractivity contribution in [2.24, 2.45) is 0 Å². The van der Waals surface area contributed by atoms with E-state index in [1.807, 2.05) is 13.8 Å². The Morgan fingerprint density at radius 2 is 2.05 bits per heavy atom. The Bertz CT molecular complexity index is 564. The SMILES string of the molecule is CC(O)c1c(F)cccc1Oc1cnn(C(C)C)c1. The van der Waals surface area contributed by atoms with E-state index < -0.39 is 11.9 Å². The molecule has 0 radical (unpaired) electrons. The summed E-state index contributed by atoms with van der Waals surface area (Å²) in [7, 11) is 0. The topological polar surface area (TPSA) is 47.3 Å². The summed E-state index contributed by atoms with van der Waals surface area (Å²) >= 11 is 0. The maximum absolute atomic E-state index is 13.7. The van der Waals surface area contributed by atoms with Crippen LogP contribution in [0.15, 0.2) is 30.6 Å². The summed E-state index contributed by atoms with van der Waals surface area (Å²) in [5.41, 5.74) is 0.153. The lowest BCUT2D eigenvalue weighted by molar-refractivity contribution is 0.190. The summed E-state index contributed by atoms with van der Waals surface area (Å²) in [6.45, 7) is 5.50. The molecule has 4 nitrogen and oxygen atoms in total. The van der Waals surface area contributed by atoms with Crippen LogP contribution in [-0.2, 0) is 0 Å². The van der Waals surface area contributed by atoms with E-state index >= 15 is 0 Å². The Morgan fingerprint density at radius 1 is 1.32 bits per heavy atom. The largest absolute Gasteiger partial charge is 0.454 e. The molecule has 0 aliphatic carbocycles. The molecule has 0 aliphatic rings. The van der Waals surface area contributed by atoms with Gasteiger partial charge in [-0.05, 0) is 32.9 Å². The molecule has 5 heteroatoms. The molecule has 0 saturated carbocycles. The van der Waals surface area contributed by atoms with Crippen molar-refractivity contribution in [1.82, 2.24) is 9.78 Å². The summed E-state index contributed by atoms with van der Waals surface area (Å²) in [6.07, 6.45) is 2.37. The van der Waals surface area contributed by atoms with Gasteiger partial charge >= 0.3 is 0 Å². The van der Waals surface area contributed by atoms with Gasteiger partial charge in [-0.25, -0.2) is 4.39 Å². The molecule has 1 N–H and O–H groups in total. The van der Waals surface area contributed by atoms with Crippen LogP contribution in [0.4, 0.5) is 4.39 Å². The van der Waals surface area contributed by atoms with Crippen molar-refractivity contribution in [2.45, 2.75) is 32.9 Å². The second-order valence-corrected chi connectivity index (χ2v) is 4.68. The highest BCUT2D eigenvalue weighted by Gasteiger charge is 2.15. The first-order valence-electron chi connectivity index (χ1n) is 6.17. The molecule has 102 valence electrons. The molecule has 0 bridgehead atoms. The smallest absolute Gasteiger partial charge is 0.165 e. The number of aliphatic hydroxyl groups is 1. The third kappa shape index (κ3) is 2.93. The zero-order chi connectivity index (χ0) is 14.0. The number of benzene rings is 1. The van der Waals surface area contributed by atoms with Crippen molar-refractivity contribution < 1.29 is 14.2 Å². The van der Waals surface area contributed by atoms with Crippen LogP contribution in [0.5, 0.6) is 11.5 Å². The number of hydrogen-bond acceptors (Lipinski definition) is 3. The molecule has 0 amide bonds. The van der Waals surface area contributed by atoms with Crippen LogP contribution < -0.4 is 4.74 Å². The number of halogens is 1. The summed E-state index contributed by atoms with van der Waals surface area (Å²) < 4.78 is 21.0. The Morgan fingerprint density at radius 3 is 2.63 bits per heavy atom. The standard InChI is InChI=1S/C14H17FN2O2/c1-9(2)17-8-11(7-16-17)19-13-6-4-5-12(15)14(13)10(3)18/h4-10,18H,1-3H3. The number of hydrogen-bond donors (Lipinski definition) is 1. The van der Waals surface area contributed by atoms with Gasteiger partial charge in [-0.3, -0.25) is 4.68 Å². The second-order valence-electron chi connectivity index (χ2n) is 4.68. The minimum atomic E-state index is -0.934. The number of rotatable bonds is 4. The highest BCUT2D eigenvalue weighted by atomic mass is 19.1.